The van der Waals surface area contributed by atoms with Gasteiger partial charge in [0, 0.05) is 17.6 Å². The highest BCUT2D eigenvalue weighted by Gasteiger charge is 2.24. The van der Waals surface area contributed by atoms with Crippen LogP contribution in [0.1, 0.15) is 24.8 Å². The molecule has 3 aromatic rings. The molecule has 7 heteroatoms. The molecule has 0 fully saturated rings. The lowest BCUT2D eigenvalue weighted by atomic mass is 10.1. The van der Waals surface area contributed by atoms with Gasteiger partial charge in [-0.15, -0.1) is 0 Å². The minimum Gasteiger partial charge on any atom is -0.481 e. The number of aryl methyl sites for hydroxylation is 1. The Balaban J connectivity index is 1.66. The molecule has 0 bridgehead atoms. The normalized spacial score (nSPS) is 11.9. The lowest BCUT2D eigenvalue weighted by Crippen LogP contribution is -2.39. The molecule has 2 aromatic carbocycles. The molecule has 1 heterocycles. The number of ether oxygens (including phenoxy) is 1. The van der Waals surface area contributed by atoms with E-state index in [4.69, 9.17) is 20.9 Å². The molecule has 1 atom stereocenters. The fourth-order valence-electron chi connectivity index (χ4n) is 2.76. The molecule has 1 aromatic heterocycles. The second-order valence-corrected chi connectivity index (χ2v) is 6.98. The van der Waals surface area contributed by atoms with E-state index in [9.17, 15) is 4.79 Å². The van der Waals surface area contributed by atoms with Gasteiger partial charge in [0.05, 0.1) is 6.54 Å². The quantitative estimate of drug-likeness (QED) is 0.584. The van der Waals surface area contributed by atoms with Crippen LogP contribution < -0.4 is 4.74 Å². The molecule has 6 nitrogen and oxygen atoms in total. The Morgan fingerprint density at radius 3 is 2.75 bits per heavy atom. The molecule has 146 valence electrons. The van der Waals surface area contributed by atoms with Crippen molar-refractivity contribution in [2.75, 3.05) is 7.05 Å². The summed E-state index contributed by atoms with van der Waals surface area (Å²) < 4.78 is 11.1. The Hall–Kier alpha value is -2.86. The zero-order valence-corrected chi connectivity index (χ0v) is 16.8. The molecule has 28 heavy (non-hydrogen) atoms. The first kappa shape index (κ1) is 19.9. The van der Waals surface area contributed by atoms with Gasteiger partial charge in [-0.05, 0) is 37.6 Å². The number of carbonyl (C=O) groups excluding carboxylic acids is 1. The fraction of sp³-hybridized carbons (Fsp3) is 0.286. The summed E-state index contributed by atoms with van der Waals surface area (Å²) in [5.41, 5.74) is 1.99. The number of rotatable bonds is 7. The topological polar surface area (TPSA) is 68.5 Å². The van der Waals surface area contributed by atoms with E-state index in [1.54, 1.807) is 31.3 Å². The number of halogens is 1. The Kier molecular flexibility index (Phi) is 6.31. The second-order valence-electron chi connectivity index (χ2n) is 6.55. The smallest absolute Gasteiger partial charge is 0.263 e. The van der Waals surface area contributed by atoms with Crippen molar-refractivity contribution in [3.63, 3.8) is 0 Å². The molecule has 0 aliphatic heterocycles. The molecule has 0 aliphatic carbocycles. The minimum atomic E-state index is -0.623. The van der Waals surface area contributed by atoms with Crippen molar-refractivity contribution in [1.29, 1.82) is 0 Å². The van der Waals surface area contributed by atoms with Crippen molar-refractivity contribution in [2.24, 2.45) is 0 Å². The number of amides is 1. The number of carbonyl (C=O) groups is 1. The SMILES string of the molecule is CC[C@@H](Oc1cccc(Cl)c1)C(=O)N(C)Cc1nc(-c2cccc(C)c2)no1. The molecular weight excluding hydrogens is 378 g/mol. The first-order valence-electron chi connectivity index (χ1n) is 9.03. The van der Waals surface area contributed by atoms with Crippen molar-refractivity contribution in [1.82, 2.24) is 15.0 Å². The summed E-state index contributed by atoms with van der Waals surface area (Å²) in [6, 6.07) is 14.8. The first-order valence-corrected chi connectivity index (χ1v) is 9.41. The van der Waals surface area contributed by atoms with Crippen molar-refractivity contribution in [2.45, 2.75) is 32.9 Å². The number of hydrogen-bond acceptors (Lipinski definition) is 5. The Morgan fingerprint density at radius 1 is 1.25 bits per heavy atom. The number of aromatic nitrogens is 2. The van der Waals surface area contributed by atoms with E-state index in [-0.39, 0.29) is 12.5 Å². The minimum absolute atomic E-state index is 0.169. The molecule has 3 rings (SSSR count). The maximum absolute atomic E-state index is 12.8. The van der Waals surface area contributed by atoms with Crippen molar-refractivity contribution >= 4 is 17.5 Å². The van der Waals surface area contributed by atoms with Crippen LogP contribution in [-0.4, -0.2) is 34.1 Å². The monoisotopic (exact) mass is 399 g/mol. The summed E-state index contributed by atoms with van der Waals surface area (Å²) in [6.45, 7) is 4.10. The predicted molar refractivity (Wildman–Crippen MR) is 107 cm³/mol. The van der Waals surface area contributed by atoms with Crippen molar-refractivity contribution < 1.29 is 14.1 Å². The van der Waals surface area contributed by atoms with Crippen LogP contribution in [0.4, 0.5) is 0 Å². The van der Waals surface area contributed by atoms with E-state index in [1.165, 1.54) is 4.90 Å². The number of hydrogen-bond donors (Lipinski definition) is 0. The van der Waals surface area contributed by atoms with Crippen LogP contribution in [0, 0.1) is 6.92 Å². The molecule has 0 radical (unpaired) electrons. The number of nitrogens with zero attached hydrogens (tertiary/aromatic N) is 3. The van der Waals surface area contributed by atoms with Gasteiger partial charge in [-0.25, -0.2) is 0 Å². The van der Waals surface area contributed by atoms with E-state index < -0.39 is 6.10 Å². The van der Waals surface area contributed by atoms with E-state index in [0.717, 1.165) is 11.1 Å². The van der Waals surface area contributed by atoms with Gasteiger partial charge in [0.2, 0.25) is 11.7 Å². The lowest BCUT2D eigenvalue weighted by Gasteiger charge is -2.22. The van der Waals surface area contributed by atoms with E-state index >= 15 is 0 Å². The van der Waals surface area contributed by atoms with Gasteiger partial charge >= 0.3 is 0 Å². The predicted octanol–water partition coefficient (Wildman–Crippen LogP) is 4.51. The van der Waals surface area contributed by atoms with Crippen LogP contribution in [0.3, 0.4) is 0 Å². The van der Waals surface area contributed by atoms with Gasteiger partial charge in [-0.3, -0.25) is 4.79 Å². The lowest BCUT2D eigenvalue weighted by molar-refractivity contribution is -0.138. The largest absolute Gasteiger partial charge is 0.481 e. The van der Waals surface area contributed by atoms with Gasteiger partial charge in [0.25, 0.3) is 5.91 Å². The summed E-state index contributed by atoms with van der Waals surface area (Å²) in [5, 5.41) is 4.57. The molecule has 0 N–H and O–H groups in total. The first-order chi connectivity index (χ1) is 13.5. The molecule has 0 spiro atoms. The van der Waals surface area contributed by atoms with Crippen LogP contribution in [0.25, 0.3) is 11.4 Å². The Labute approximate surface area is 169 Å². The summed E-state index contributed by atoms with van der Waals surface area (Å²) in [7, 11) is 1.68. The van der Waals surface area contributed by atoms with E-state index in [0.29, 0.717) is 28.9 Å². The molecular formula is C21H22ClN3O3. The van der Waals surface area contributed by atoms with E-state index in [1.807, 2.05) is 38.1 Å². The zero-order valence-electron chi connectivity index (χ0n) is 16.1. The Bertz CT molecular complexity index is 957. The zero-order chi connectivity index (χ0) is 20.1. The highest BCUT2D eigenvalue weighted by molar-refractivity contribution is 6.30. The van der Waals surface area contributed by atoms with Crippen LogP contribution in [0.5, 0.6) is 5.75 Å². The number of likely N-dealkylation sites (N-methyl/N-ethyl adjacent to an activating group) is 1. The summed E-state index contributed by atoms with van der Waals surface area (Å²) >= 11 is 5.98. The van der Waals surface area contributed by atoms with Gasteiger partial charge in [-0.2, -0.15) is 4.98 Å². The maximum atomic E-state index is 12.8. The van der Waals surface area contributed by atoms with Gasteiger partial charge in [0.15, 0.2) is 6.10 Å². The molecule has 0 aliphatic rings. The van der Waals surface area contributed by atoms with Gasteiger partial charge < -0.3 is 14.2 Å². The summed E-state index contributed by atoms with van der Waals surface area (Å²) in [6.07, 6.45) is -0.101. The van der Waals surface area contributed by atoms with Crippen LogP contribution in [0.15, 0.2) is 53.1 Å². The third-order valence-electron chi connectivity index (χ3n) is 4.21. The van der Waals surface area contributed by atoms with Crippen molar-refractivity contribution in [3.8, 4) is 17.1 Å². The average Bonchev–Trinajstić information content (AvgIpc) is 3.14. The summed E-state index contributed by atoms with van der Waals surface area (Å²) in [4.78, 5) is 18.7. The maximum Gasteiger partial charge on any atom is 0.263 e. The van der Waals surface area contributed by atoms with Crippen LogP contribution >= 0.6 is 11.6 Å². The third kappa shape index (κ3) is 4.89. The fourth-order valence-corrected chi connectivity index (χ4v) is 2.94. The Morgan fingerprint density at radius 2 is 2.04 bits per heavy atom. The molecule has 0 saturated carbocycles. The van der Waals surface area contributed by atoms with Gasteiger partial charge in [-0.1, -0.05) is 53.5 Å². The molecule has 0 saturated heterocycles. The third-order valence-corrected chi connectivity index (χ3v) is 4.45. The van der Waals surface area contributed by atoms with E-state index in [2.05, 4.69) is 10.1 Å². The second kappa shape index (κ2) is 8.89. The highest BCUT2D eigenvalue weighted by Crippen LogP contribution is 2.21. The average molecular weight is 400 g/mol. The molecule has 0 unspecified atom stereocenters. The number of benzene rings is 2. The highest BCUT2D eigenvalue weighted by atomic mass is 35.5. The van der Waals surface area contributed by atoms with Crippen molar-refractivity contribution in [3.05, 3.63) is 65.0 Å². The van der Waals surface area contributed by atoms with Crippen LogP contribution in [0.2, 0.25) is 5.02 Å². The standard InChI is InChI=1S/C21H22ClN3O3/c1-4-18(27-17-10-6-9-16(22)12-17)21(26)25(3)13-19-23-20(24-28-19)15-8-5-7-14(2)11-15/h5-12,18H,4,13H2,1-3H3/t18-/m1/s1. The summed E-state index contributed by atoms with van der Waals surface area (Å²) in [5.74, 6) is 1.25. The molecule has 1 amide bonds. The van der Waals surface area contributed by atoms with Gasteiger partial charge in [0.1, 0.15) is 5.75 Å². The van der Waals surface area contributed by atoms with Crippen LogP contribution in [-0.2, 0) is 11.3 Å².